The highest BCUT2D eigenvalue weighted by Gasteiger charge is 2.10. The van der Waals surface area contributed by atoms with Gasteiger partial charge in [-0.2, -0.15) is 11.8 Å². The van der Waals surface area contributed by atoms with E-state index in [1.54, 1.807) is 43.3 Å². The molecule has 0 aliphatic rings. The van der Waals surface area contributed by atoms with Crippen LogP contribution < -0.4 is 20.1 Å². The van der Waals surface area contributed by atoms with Crippen LogP contribution in [-0.4, -0.2) is 35.2 Å². The zero-order chi connectivity index (χ0) is 19.0. The summed E-state index contributed by atoms with van der Waals surface area (Å²) in [6.45, 7) is 7.06. The lowest BCUT2D eigenvalue weighted by Gasteiger charge is -2.17. The Morgan fingerprint density at radius 2 is 1.88 bits per heavy atom. The Morgan fingerprint density at radius 3 is 2.50 bits per heavy atom. The Hall–Kier alpha value is -2.41. The maximum atomic E-state index is 11.9. The van der Waals surface area contributed by atoms with Crippen LogP contribution in [0.5, 0.6) is 17.4 Å². The number of aromatic nitrogens is 1. The molecule has 0 unspecified atom stereocenters. The number of hydrogen-bond acceptors (Lipinski definition) is 5. The lowest BCUT2D eigenvalue weighted by Crippen LogP contribution is -2.31. The highest BCUT2D eigenvalue weighted by atomic mass is 32.2. The minimum Gasteiger partial charge on any atom is -0.493 e. The van der Waals surface area contributed by atoms with E-state index in [0.29, 0.717) is 29.6 Å². The Balaban J connectivity index is 1.82. The van der Waals surface area contributed by atoms with Gasteiger partial charge in [-0.05, 0) is 18.2 Å². The van der Waals surface area contributed by atoms with Crippen molar-refractivity contribution in [1.29, 1.82) is 0 Å². The van der Waals surface area contributed by atoms with Gasteiger partial charge in [0, 0.05) is 23.1 Å². The van der Waals surface area contributed by atoms with Gasteiger partial charge < -0.3 is 20.1 Å². The summed E-state index contributed by atoms with van der Waals surface area (Å²) >= 11 is 1.81. The SMILES string of the molecule is COc1ccccc1Oc1ccc(NC(=O)NCCSC(C)(C)C)cn1. The molecule has 0 atom stereocenters. The normalized spacial score (nSPS) is 10.9. The molecule has 0 saturated heterocycles. The van der Waals surface area contributed by atoms with Crippen LogP contribution in [0.1, 0.15) is 20.8 Å². The van der Waals surface area contributed by atoms with Gasteiger partial charge in [0.1, 0.15) is 0 Å². The molecule has 6 nitrogen and oxygen atoms in total. The smallest absolute Gasteiger partial charge is 0.319 e. The summed E-state index contributed by atoms with van der Waals surface area (Å²) in [7, 11) is 1.58. The van der Waals surface area contributed by atoms with Crippen molar-refractivity contribution in [1.82, 2.24) is 10.3 Å². The van der Waals surface area contributed by atoms with Crippen molar-refractivity contribution in [3.05, 3.63) is 42.6 Å². The van der Waals surface area contributed by atoms with Crippen LogP contribution in [0.25, 0.3) is 0 Å². The number of nitrogens with one attached hydrogen (secondary N) is 2. The number of pyridine rings is 1. The van der Waals surface area contributed by atoms with E-state index in [4.69, 9.17) is 9.47 Å². The first-order valence-corrected chi connectivity index (χ1v) is 9.32. The molecule has 0 aliphatic carbocycles. The highest BCUT2D eigenvalue weighted by molar-refractivity contribution is 8.00. The van der Waals surface area contributed by atoms with Gasteiger partial charge in [0.25, 0.3) is 0 Å². The average molecular weight is 375 g/mol. The number of ether oxygens (including phenoxy) is 2. The van der Waals surface area contributed by atoms with E-state index in [9.17, 15) is 4.79 Å². The highest BCUT2D eigenvalue weighted by Crippen LogP contribution is 2.30. The van der Waals surface area contributed by atoms with E-state index >= 15 is 0 Å². The van der Waals surface area contributed by atoms with Gasteiger partial charge >= 0.3 is 6.03 Å². The molecule has 26 heavy (non-hydrogen) atoms. The van der Waals surface area contributed by atoms with Gasteiger partial charge in [-0.15, -0.1) is 0 Å². The molecule has 140 valence electrons. The topological polar surface area (TPSA) is 72.5 Å². The predicted octanol–water partition coefficient (Wildman–Crippen LogP) is 4.54. The third kappa shape index (κ3) is 6.84. The summed E-state index contributed by atoms with van der Waals surface area (Å²) in [6.07, 6.45) is 1.55. The maximum Gasteiger partial charge on any atom is 0.319 e. The number of amides is 2. The summed E-state index contributed by atoms with van der Waals surface area (Å²) < 4.78 is 11.1. The third-order valence-corrected chi connectivity index (χ3v) is 4.47. The second-order valence-electron chi connectivity index (χ2n) is 6.48. The van der Waals surface area contributed by atoms with Crippen LogP contribution in [0.3, 0.4) is 0 Å². The number of anilines is 1. The number of rotatable bonds is 7. The monoisotopic (exact) mass is 375 g/mol. The number of benzene rings is 1. The van der Waals surface area contributed by atoms with Gasteiger partial charge in [0.2, 0.25) is 5.88 Å². The molecule has 1 aromatic heterocycles. The molecular weight excluding hydrogens is 350 g/mol. The molecule has 2 rings (SSSR count). The van der Waals surface area contributed by atoms with Gasteiger partial charge in [0.15, 0.2) is 11.5 Å². The van der Waals surface area contributed by atoms with E-state index in [1.165, 1.54) is 0 Å². The molecule has 2 aromatic rings. The average Bonchev–Trinajstić information content (AvgIpc) is 2.60. The standard InChI is InChI=1S/C19H25N3O3S/c1-19(2,3)26-12-11-20-18(23)22-14-9-10-17(21-13-14)25-16-8-6-5-7-15(16)24-4/h5-10,13H,11-12H2,1-4H3,(H2,20,22,23). The van der Waals surface area contributed by atoms with Crippen molar-refractivity contribution >= 4 is 23.5 Å². The third-order valence-electron chi connectivity index (χ3n) is 3.20. The largest absolute Gasteiger partial charge is 0.493 e. The molecule has 2 N–H and O–H groups in total. The Bertz CT molecular complexity index is 715. The minimum absolute atomic E-state index is 0.194. The van der Waals surface area contributed by atoms with Crippen LogP contribution in [0.15, 0.2) is 42.6 Å². The molecule has 2 amide bonds. The first kappa shape index (κ1) is 19.9. The number of urea groups is 1. The molecule has 0 bridgehead atoms. The minimum atomic E-state index is -0.250. The fourth-order valence-corrected chi connectivity index (χ4v) is 2.84. The van der Waals surface area contributed by atoms with E-state index in [0.717, 1.165) is 5.75 Å². The number of hydrogen-bond donors (Lipinski definition) is 2. The van der Waals surface area contributed by atoms with Crippen LogP contribution in [0.4, 0.5) is 10.5 Å². The van der Waals surface area contributed by atoms with Crippen molar-refractivity contribution in [2.75, 3.05) is 24.7 Å². The first-order chi connectivity index (χ1) is 12.4. The lowest BCUT2D eigenvalue weighted by atomic mass is 10.3. The van der Waals surface area contributed by atoms with Crippen LogP contribution in [0.2, 0.25) is 0 Å². The Labute approximate surface area is 158 Å². The molecule has 0 spiro atoms. The predicted molar refractivity (Wildman–Crippen MR) is 107 cm³/mol. The van der Waals surface area contributed by atoms with Crippen LogP contribution in [0, 0.1) is 0 Å². The van der Waals surface area contributed by atoms with Crippen LogP contribution >= 0.6 is 11.8 Å². The number of methoxy groups -OCH3 is 1. The fourth-order valence-electron chi connectivity index (χ4n) is 2.03. The second kappa shape index (κ2) is 9.33. The first-order valence-electron chi connectivity index (χ1n) is 8.33. The van der Waals surface area contributed by atoms with Gasteiger partial charge in [-0.1, -0.05) is 32.9 Å². The molecule has 1 aromatic carbocycles. The fraction of sp³-hybridized carbons (Fsp3) is 0.368. The van der Waals surface area contributed by atoms with E-state index in [2.05, 4.69) is 36.4 Å². The maximum absolute atomic E-state index is 11.9. The van der Waals surface area contributed by atoms with Gasteiger partial charge in [-0.3, -0.25) is 0 Å². The summed E-state index contributed by atoms with van der Waals surface area (Å²) in [5.74, 6) is 2.49. The molecular formula is C19H25N3O3S. The van der Waals surface area contributed by atoms with E-state index < -0.39 is 0 Å². The summed E-state index contributed by atoms with van der Waals surface area (Å²) in [6, 6.07) is 10.5. The quantitative estimate of drug-likeness (QED) is 0.695. The molecule has 0 radical (unpaired) electrons. The van der Waals surface area contributed by atoms with Gasteiger partial charge in [0.05, 0.1) is 19.0 Å². The number of para-hydroxylation sites is 2. The molecule has 7 heteroatoms. The number of carbonyl (C=O) groups excluding carboxylic acids is 1. The van der Waals surface area contributed by atoms with Gasteiger partial charge in [-0.25, -0.2) is 9.78 Å². The zero-order valence-corrected chi connectivity index (χ0v) is 16.4. The van der Waals surface area contributed by atoms with Crippen molar-refractivity contribution < 1.29 is 14.3 Å². The lowest BCUT2D eigenvalue weighted by molar-refractivity contribution is 0.252. The molecule has 0 saturated carbocycles. The summed E-state index contributed by atoms with van der Waals surface area (Å²) in [4.78, 5) is 16.1. The van der Waals surface area contributed by atoms with Crippen molar-refractivity contribution in [2.24, 2.45) is 0 Å². The Morgan fingerprint density at radius 1 is 1.15 bits per heavy atom. The van der Waals surface area contributed by atoms with Crippen LogP contribution in [-0.2, 0) is 0 Å². The molecule has 1 heterocycles. The summed E-state index contributed by atoms with van der Waals surface area (Å²) in [5.41, 5.74) is 0.596. The molecule has 0 aliphatic heterocycles. The van der Waals surface area contributed by atoms with E-state index in [-0.39, 0.29) is 10.8 Å². The van der Waals surface area contributed by atoms with Crippen molar-refractivity contribution in [3.63, 3.8) is 0 Å². The molecule has 0 fully saturated rings. The Kier molecular flexibility index (Phi) is 7.15. The second-order valence-corrected chi connectivity index (χ2v) is 8.40. The number of thioether (sulfide) groups is 1. The number of carbonyl (C=O) groups is 1. The van der Waals surface area contributed by atoms with Crippen molar-refractivity contribution in [2.45, 2.75) is 25.5 Å². The summed E-state index contributed by atoms with van der Waals surface area (Å²) in [5, 5.41) is 5.58. The number of nitrogens with zero attached hydrogens (tertiary/aromatic N) is 1. The van der Waals surface area contributed by atoms with E-state index in [1.807, 2.05) is 18.2 Å². The zero-order valence-electron chi connectivity index (χ0n) is 15.5. The van der Waals surface area contributed by atoms with Crippen molar-refractivity contribution in [3.8, 4) is 17.4 Å².